The minimum Gasteiger partial charge on any atom is -0.373 e. The summed E-state index contributed by atoms with van der Waals surface area (Å²) in [5.41, 5.74) is 9.84. The Labute approximate surface area is 127 Å². The number of hydrogen-bond donors (Lipinski definition) is 1. The van der Waals surface area contributed by atoms with Gasteiger partial charge >= 0.3 is 0 Å². The van der Waals surface area contributed by atoms with Gasteiger partial charge in [0.05, 0.1) is 24.4 Å². The molecule has 0 saturated carbocycles. The highest BCUT2D eigenvalue weighted by atomic mass is 79.9. The van der Waals surface area contributed by atoms with E-state index in [1.807, 2.05) is 12.1 Å². The van der Waals surface area contributed by atoms with E-state index in [9.17, 15) is 0 Å². The van der Waals surface area contributed by atoms with Crippen LogP contribution in [0.1, 0.15) is 35.4 Å². The molecule has 0 saturated heterocycles. The van der Waals surface area contributed by atoms with Crippen LogP contribution < -0.4 is 5.73 Å². The minimum atomic E-state index is -0.137. The lowest BCUT2D eigenvalue weighted by atomic mass is 9.93. The van der Waals surface area contributed by atoms with Crippen molar-refractivity contribution in [2.45, 2.75) is 25.0 Å². The fourth-order valence-corrected chi connectivity index (χ4v) is 3.23. The van der Waals surface area contributed by atoms with Crippen molar-refractivity contribution in [2.24, 2.45) is 5.73 Å². The van der Waals surface area contributed by atoms with Crippen molar-refractivity contribution in [3.63, 3.8) is 0 Å². The highest BCUT2D eigenvalue weighted by molar-refractivity contribution is 9.10. The second-order valence-electron chi connectivity index (χ2n) is 5.02. The summed E-state index contributed by atoms with van der Waals surface area (Å²) >= 11 is 3.51. The number of pyridine rings is 1. The van der Waals surface area contributed by atoms with E-state index in [-0.39, 0.29) is 12.1 Å². The molecule has 2 heterocycles. The second-order valence-corrected chi connectivity index (χ2v) is 5.88. The number of halogens is 1. The van der Waals surface area contributed by atoms with Gasteiger partial charge in [-0.1, -0.05) is 24.3 Å². The third-order valence-corrected chi connectivity index (χ3v) is 4.37. The van der Waals surface area contributed by atoms with Gasteiger partial charge in [0.15, 0.2) is 0 Å². The topological polar surface area (TPSA) is 48.1 Å². The number of aromatic nitrogens is 1. The smallest absolute Gasteiger partial charge is 0.0846 e. The van der Waals surface area contributed by atoms with Gasteiger partial charge in [0.1, 0.15) is 0 Å². The van der Waals surface area contributed by atoms with Crippen molar-refractivity contribution in [3.05, 3.63) is 63.9 Å². The number of hydrogen-bond acceptors (Lipinski definition) is 3. The van der Waals surface area contributed by atoms with E-state index in [0.29, 0.717) is 0 Å². The molecule has 104 valence electrons. The average molecular weight is 333 g/mol. The first-order chi connectivity index (χ1) is 9.75. The number of ether oxygens (including phenoxy) is 1. The lowest BCUT2D eigenvalue weighted by Crippen LogP contribution is -2.22. The number of fused-ring (bicyclic) bond motifs is 1. The molecule has 0 fully saturated rings. The maximum Gasteiger partial charge on any atom is 0.0846 e. The highest BCUT2D eigenvalue weighted by Crippen LogP contribution is 2.34. The normalized spacial score (nSPS) is 19.4. The first-order valence-corrected chi connectivity index (χ1v) is 7.60. The van der Waals surface area contributed by atoms with Crippen LogP contribution in [0.5, 0.6) is 0 Å². The summed E-state index contributed by atoms with van der Waals surface area (Å²) in [6.45, 7) is 0.762. The van der Waals surface area contributed by atoms with Crippen molar-refractivity contribution >= 4 is 15.9 Å². The van der Waals surface area contributed by atoms with Crippen LogP contribution in [0.25, 0.3) is 0 Å². The summed E-state index contributed by atoms with van der Waals surface area (Å²) in [4.78, 5) is 4.37. The van der Waals surface area contributed by atoms with Gasteiger partial charge < -0.3 is 10.5 Å². The van der Waals surface area contributed by atoms with E-state index in [0.717, 1.165) is 29.6 Å². The Kier molecular flexibility index (Phi) is 4.15. The zero-order valence-electron chi connectivity index (χ0n) is 11.1. The van der Waals surface area contributed by atoms with Crippen LogP contribution in [0, 0.1) is 0 Å². The van der Waals surface area contributed by atoms with Crippen LogP contribution in [0.2, 0.25) is 0 Å². The van der Waals surface area contributed by atoms with Crippen molar-refractivity contribution in [2.75, 3.05) is 6.61 Å². The van der Waals surface area contributed by atoms with E-state index >= 15 is 0 Å². The Bertz CT molecular complexity index is 603. The zero-order valence-corrected chi connectivity index (χ0v) is 12.7. The molecule has 0 spiro atoms. The van der Waals surface area contributed by atoms with Gasteiger partial charge in [-0.2, -0.15) is 0 Å². The van der Waals surface area contributed by atoms with Crippen LogP contribution in [0.4, 0.5) is 0 Å². The fourth-order valence-electron chi connectivity index (χ4n) is 2.68. The third kappa shape index (κ3) is 2.77. The predicted molar refractivity (Wildman–Crippen MR) is 82.3 cm³/mol. The van der Waals surface area contributed by atoms with Gasteiger partial charge in [-0.05, 0) is 52.0 Å². The van der Waals surface area contributed by atoms with Gasteiger partial charge in [-0.25, -0.2) is 0 Å². The van der Waals surface area contributed by atoms with Crippen LogP contribution in [0.3, 0.4) is 0 Å². The van der Waals surface area contributed by atoms with E-state index in [2.05, 4.69) is 45.2 Å². The van der Waals surface area contributed by atoms with Gasteiger partial charge in [0.2, 0.25) is 0 Å². The maximum absolute atomic E-state index is 6.31. The largest absolute Gasteiger partial charge is 0.373 e. The van der Waals surface area contributed by atoms with Gasteiger partial charge in [-0.3, -0.25) is 4.98 Å². The van der Waals surface area contributed by atoms with Crippen LogP contribution in [-0.2, 0) is 11.2 Å². The molecule has 1 aliphatic heterocycles. The second kappa shape index (κ2) is 6.04. The molecule has 20 heavy (non-hydrogen) atoms. The number of rotatable bonds is 3. The summed E-state index contributed by atoms with van der Waals surface area (Å²) in [6, 6.07) is 12.2. The van der Waals surface area contributed by atoms with Crippen molar-refractivity contribution < 1.29 is 4.74 Å². The molecule has 0 bridgehead atoms. The minimum absolute atomic E-state index is 0.0591. The molecule has 3 rings (SSSR count). The molecular formula is C16H17BrN2O. The van der Waals surface area contributed by atoms with Gasteiger partial charge in [-0.15, -0.1) is 0 Å². The predicted octanol–water partition coefficient (Wildman–Crippen LogP) is 3.55. The molecule has 4 heteroatoms. The summed E-state index contributed by atoms with van der Waals surface area (Å²) in [5.74, 6) is 0. The van der Waals surface area contributed by atoms with Crippen molar-refractivity contribution in [3.8, 4) is 0 Å². The molecule has 1 aromatic heterocycles. The Balaban J connectivity index is 1.81. The van der Waals surface area contributed by atoms with E-state index < -0.39 is 0 Å². The number of benzene rings is 1. The molecule has 2 unspecified atom stereocenters. The highest BCUT2D eigenvalue weighted by Gasteiger charge is 2.24. The third-order valence-electron chi connectivity index (χ3n) is 3.70. The molecule has 2 N–H and O–H groups in total. The molecule has 0 amide bonds. The first kappa shape index (κ1) is 13.7. The summed E-state index contributed by atoms with van der Waals surface area (Å²) in [5, 5.41) is 0. The zero-order chi connectivity index (χ0) is 13.9. The van der Waals surface area contributed by atoms with Gasteiger partial charge in [0, 0.05) is 10.7 Å². The average Bonchev–Trinajstić information content (AvgIpc) is 2.48. The lowest BCUT2D eigenvalue weighted by Gasteiger charge is -2.28. The molecule has 0 aliphatic carbocycles. The van der Waals surface area contributed by atoms with Crippen LogP contribution in [0.15, 0.2) is 47.1 Å². The Morgan fingerprint density at radius 1 is 1.30 bits per heavy atom. The van der Waals surface area contributed by atoms with E-state index in [1.54, 1.807) is 6.20 Å². The monoisotopic (exact) mass is 332 g/mol. The van der Waals surface area contributed by atoms with Crippen LogP contribution >= 0.6 is 15.9 Å². The lowest BCUT2D eigenvalue weighted by molar-refractivity contribution is 0.0317. The molecular weight excluding hydrogens is 316 g/mol. The standard InChI is InChI=1S/C16H17BrN2O/c17-13-6-3-8-19-16(13)14(18)10-15-12-5-2-1-4-11(12)7-9-20-15/h1-6,8,14-15H,7,9-10,18H2. The van der Waals surface area contributed by atoms with Crippen LogP contribution in [-0.4, -0.2) is 11.6 Å². The fraction of sp³-hybridized carbons (Fsp3) is 0.312. The molecule has 2 atom stereocenters. The SMILES string of the molecule is NC(CC1OCCc2ccccc21)c1ncccc1Br. The Morgan fingerprint density at radius 2 is 2.15 bits per heavy atom. The summed E-state index contributed by atoms with van der Waals surface area (Å²) < 4.78 is 6.87. The number of nitrogens with zero attached hydrogens (tertiary/aromatic N) is 1. The van der Waals surface area contributed by atoms with E-state index in [1.165, 1.54) is 11.1 Å². The molecule has 0 radical (unpaired) electrons. The van der Waals surface area contributed by atoms with E-state index in [4.69, 9.17) is 10.5 Å². The molecule has 3 nitrogen and oxygen atoms in total. The molecule has 2 aromatic rings. The molecule has 1 aromatic carbocycles. The molecule has 1 aliphatic rings. The number of nitrogens with two attached hydrogens (primary N) is 1. The Morgan fingerprint density at radius 3 is 3.00 bits per heavy atom. The quantitative estimate of drug-likeness (QED) is 0.934. The Hall–Kier alpha value is -1.23. The summed E-state index contributed by atoms with van der Waals surface area (Å²) in [6.07, 6.45) is 3.56. The van der Waals surface area contributed by atoms with Crippen molar-refractivity contribution in [1.29, 1.82) is 0 Å². The first-order valence-electron chi connectivity index (χ1n) is 6.81. The maximum atomic E-state index is 6.31. The van der Waals surface area contributed by atoms with Crippen molar-refractivity contribution in [1.82, 2.24) is 4.98 Å². The summed E-state index contributed by atoms with van der Waals surface area (Å²) in [7, 11) is 0. The van der Waals surface area contributed by atoms with Gasteiger partial charge in [0.25, 0.3) is 0 Å².